The SMILES string of the molecule is CCCCCCCCOC(CCCCCCN(CCO)CCCCCC(=O)OC1CCC2(C)C(=CCC3C2CCC2(C)C(C(C)CCCC(C)C)CCC32)C1)OCCCCCCCC. The molecule has 0 aromatic carbocycles. The smallest absolute Gasteiger partial charge is 0.306 e. The molecule has 4 rings (SSSR count). The van der Waals surface area contributed by atoms with Crippen molar-refractivity contribution in [3.05, 3.63) is 11.6 Å². The van der Waals surface area contributed by atoms with E-state index < -0.39 is 0 Å². The number of aliphatic hydroxyl groups is 1. The highest BCUT2D eigenvalue weighted by molar-refractivity contribution is 5.69. The minimum Gasteiger partial charge on any atom is -0.462 e. The van der Waals surface area contributed by atoms with Gasteiger partial charge in [-0.25, -0.2) is 0 Å². The van der Waals surface area contributed by atoms with Gasteiger partial charge in [0.05, 0.1) is 6.61 Å². The molecule has 0 radical (unpaired) electrons. The quantitative estimate of drug-likeness (QED) is 0.0290. The summed E-state index contributed by atoms with van der Waals surface area (Å²) in [5.74, 6) is 5.13. The van der Waals surface area contributed by atoms with Crippen LogP contribution in [0.2, 0.25) is 0 Å². The molecule has 8 atom stereocenters. The van der Waals surface area contributed by atoms with Crippen LogP contribution in [0.15, 0.2) is 11.6 Å². The lowest BCUT2D eigenvalue weighted by molar-refractivity contribution is -0.151. The van der Waals surface area contributed by atoms with Crippen LogP contribution >= 0.6 is 0 Å². The number of fused-ring (bicyclic) bond motifs is 5. The third-order valence-electron chi connectivity index (χ3n) is 17.6. The summed E-state index contributed by atoms with van der Waals surface area (Å²) in [5, 5.41) is 9.78. The van der Waals surface area contributed by atoms with Crippen molar-refractivity contribution >= 4 is 5.97 Å². The molecule has 64 heavy (non-hydrogen) atoms. The lowest BCUT2D eigenvalue weighted by Gasteiger charge is -2.58. The highest BCUT2D eigenvalue weighted by Gasteiger charge is 2.59. The van der Waals surface area contributed by atoms with Gasteiger partial charge in [0.15, 0.2) is 6.29 Å². The number of allylic oxidation sites excluding steroid dienone is 1. The molecule has 3 fully saturated rings. The molecular formula is C58H107NO5. The van der Waals surface area contributed by atoms with Gasteiger partial charge in [0.1, 0.15) is 6.10 Å². The molecule has 4 aliphatic rings. The maximum absolute atomic E-state index is 13.1. The number of carbonyl (C=O) groups excluding carboxylic acids is 1. The van der Waals surface area contributed by atoms with Gasteiger partial charge in [0.2, 0.25) is 0 Å². The van der Waals surface area contributed by atoms with Crippen molar-refractivity contribution in [2.45, 2.75) is 266 Å². The van der Waals surface area contributed by atoms with Crippen LogP contribution in [0.5, 0.6) is 0 Å². The van der Waals surface area contributed by atoms with Crippen molar-refractivity contribution in [2.24, 2.45) is 46.3 Å². The molecule has 3 saturated carbocycles. The van der Waals surface area contributed by atoms with E-state index in [0.29, 0.717) is 17.3 Å². The Morgan fingerprint density at radius 2 is 1.31 bits per heavy atom. The summed E-state index contributed by atoms with van der Waals surface area (Å²) in [7, 11) is 0. The number of aliphatic hydroxyl groups excluding tert-OH is 1. The van der Waals surface area contributed by atoms with Crippen LogP contribution in [0.3, 0.4) is 0 Å². The van der Waals surface area contributed by atoms with Crippen LogP contribution in [0.25, 0.3) is 0 Å². The molecule has 4 aliphatic carbocycles. The van der Waals surface area contributed by atoms with E-state index in [1.807, 2.05) is 0 Å². The van der Waals surface area contributed by atoms with Gasteiger partial charge in [-0.2, -0.15) is 0 Å². The Labute approximate surface area is 397 Å². The lowest BCUT2D eigenvalue weighted by Crippen LogP contribution is -2.51. The number of hydrogen-bond acceptors (Lipinski definition) is 6. The summed E-state index contributed by atoms with van der Waals surface area (Å²) in [6.07, 6.45) is 41.6. The van der Waals surface area contributed by atoms with Crippen molar-refractivity contribution in [3.63, 3.8) is 0 Å². The highest BCUT2D eigenvalue weighted by atomic mass is 16.7. The first-order valence-electron chi connectivity index (χ1n) is 28.5. The van der Waals surface area contributed by atoms with E-state index in [-0.39, 0.29) is 25.0 Å². The Hall–Kier alpha value is -0.950. The van der Waals surface area contributed by atoms with Crippen LogP contribution < -0.4 is 0 Å². The summed E-state index contributed by atoms with van der Waals surface area (Å²) in [6, 6.07) is 0. The number of nitrogens with zero attached hydrogens (tertiary/aromatic N) is 1. The normalized spacial score (nSPS) is 27.2. The molecule has 0 aliphatic heterocycles. The van der Waals surface area contributed by atoms with E-state index >= 15 is 0 Å². The highest BCUT2D eigenvalue weighted by Crippen LogP contribution is 2.67. The first kappa shape index (κ1) is 55.6. The summed E-state index contributed by atoms with van der Waals surface area (Å²) in [4.78, 5) is 15.5. The maximum atomic E-state index is 13.1. The maximum Gasteiger partial charge on any atom is 0.306 e. The van der Waals surface area contributed by atoms with Gasteiger partial charge < -0.3 is 24.2 Å². The summed E-state index contributed by atoms with van der Waals surface area (Å²) in [6.45, 7) is 21.8. The summed E-state index contributed by atoms with van der Waals surface area (Å²) >= 11 is 0. The Morgan fingerprint density at radius 3 is 1.97 bits per heavy atom. The second-order valence-electron chi connectivity index (χ2n) is 22.9. The molecule has 0 spiro atoms. The van der Waals surface area contributed by atoms with Gasteiger partial charge in [-0.15, -0.1) is 0 Å². The van der Waals surface area contributed by atoms with E-state index in [1.165, 1.54) is 135 Å². The van der Waals surface area contributed by atoms with Gasteiger partial charge in [-0.3, -0.25) is 4.79 Å². The fraction of sp³-hybridized carbons (Fsp3) is 0.948. The number of rotatable bonds is 37. The van der Waals surface area contributed by atoms with Gasteiger partial charge in [0, 0.05) is 32.6 Å². The molecule has 6 heteroatoms. The Morgan fingerprint density at radius 1 is 0.688 bits per heavy atom. The standard InChI is InChI=1S/C58H107NO5/c1-8-10-12-14-18-25-44-62-56(63-45-26-19-15-13-11-9-2)31-22-16-17-23-40-59(42-43-60)41-24-20-21-30-55(61)64-50-36-38-57(6)49(46-50)32-33-51-53-35-34-52(48(5)29-27-28-47(3)4)58(53,7)39-37-54(51)57/h32,47-48,50-54,56,60H,8-31,33-46H2,1-7H3. The van der Waals surface area contributed by atoms with Crippen molar-refractivity contribution in [1.82, 2.24) is 4.90 Å². The lowest BCUT2D eigenvalue weighted by atomic mass is 9.47. The van der Waals surface area contributed by atoms with E-state index in [2.05, 4.69) is 59.4 Å². The largest absolute Gasteiger partial charge is 0.462 e. The zero-order valence-electron chi connectivity index (χ0n) is 43.6. The third kappa shape index (κ3) is 18.5. The van der Waals surface area contributed by atoms with Gasteiger partial charge in [-0.05, 0) is 149 Å². The fourth-order valence-corrected chi connectivity index (χ4v) is 13.7. The van der Waals surface area contributed by atoms with E-state index in [4.69, 9.17) is 14.2 Å². The fourth-order valence-electron chi connectivity index (χ4n) is 13.7. The molecule has 1 N–H and O–H groups in total. The minimum atomic E-state index is -0.0536. The third-order valence-corrected chi connectivity index (χ3v) is 17.6. The molecule has 374 valence electrons. The second kappa shape index (κ2) is 31.2. The molecule has 0 aromatic rings. The van der Waals surface area contributed by atoms with Crippen molar-refractivity contribution < 1.29 is 24.1 Å². The van der Waals surface area contributed by atoms with Crippen LogP contribution in [0.1, 0.15) is 254 Å². The number of hydrogen-bond donors (Lipinski definition) is 1. The minimum absolute atomic E-state index is 0.00547. The molecule has 0 aromatic heterocycles. The van der Waals surface area contributed by atoms with Crippen LogP contribution in [-0.2, 0) is 19.0 Å². The number of esters is 1. The molecule has 0 saturated heterocycles. The van der Waals surface area contributed by atoms with Gasteiger partial charge in [-0.1, -0.05) is 163 Å². The zero-order valence-corrected chi connectivity index (χ0v) is 43.6. The summed E-state index contributed by atoms with van der Waals surface area (Å²) < 4.78 is 18.7. The van der Waals surface area contributed by atoms with E-state index in [1.54, 1.807) is 5.57 Å². The van der Waals surface area contributed by atoms with Crippen molar-refractivity contribution in [3.8, 4) is 0 Å². The van der Waals surface area contributed by atoms with Crippen LogP contribution in [0.4, 0.5) is 0 Å². The predicted octanol–water partition coefficient (Wildman–Crippen LogP) is 15.8. The van der Waals surface area contributed by atoms with Gasteiger partial charge in [0.25, 0.3) is 0 Å². The number of carbonyl (C=O) groups is 1. The topological polar surface area (TPSA) is 68.2 Å². The summed E-state index contributed by atoms with van der Waals surface area (Å²) in [5.41, 5.74) is 2.44. The molecule has 8 unspecified atom stereocenters. The number of ether oxygens (including phenoxy) is 3. The Bertz CT molecular complexity index is 1230. The van der Waals surface area contributed by atoms with E-state index in [9.17, 15) is 9.90 Å². The predicted molar refractivity (Wildman–Crippen MR) is 270 cm³/mol. The molecule has 6 nitrogen and oxygen atoms in total. The van der Waals surface area contributed by atoms with Crippen molar-refractivity contribution in [2.75, 3.05) is 39.5 Å². The van der Waals surface area contributed by atoms with Crippen LogP contribution in [0, 0.1) is 46.3 Å². The first-order valence-corrected chi connectivity index (χ1v) is 28.5. The molecular weight excluding hydrogens is 791 g/mol. The average molecular weight is 898 g/mol. The second-order valence-corrected chi connectivity index (χ2v) is 22.9. The van der Waals surface area contributed by atoms with Gasteiger partial charge >= 0.3 is 5.97 Å². The zero-order chi connectivity index (χ0) is 46.0. The monoisotopic (exact) mass is 898 g/mol. The van der Waals surface area contributed by atoms with Crippen LogP contribution in [-0.4, -0.2) is 67.8 Å². The van der Waals surface area contributed by atoms with E-state index in [0.717, 1.165) is 133 Å². The molecule has 0 bridgehead atoms. The Kier molecular flexibility index (Phi) is 27.2. The average Bonchev–Trinajstić information content (AvgIpc) is 3.63. The first-order chi connectivity index (χ1) is 31.0. The molecule has 0 heterocycles. The number of unbranched alkanes of at least 4 members (excludes halogenated alkanes) is 15. The van der Waals surface area contributed by atoms with Crippen molar-refractivity contribution in [1.29, 1.82) is 0 Å². The Balaban J connectivity index is 1.08. The molecule has 0 amide bonds.